The second-order valence-corrected chi connectivity index (χ2v) is 20.9. The second-order valence-electron chi connectivity index (χ2n) is 20.9. The first-order valence-corrected chi connectivity index (χ1v) is 32.6. The molecule has 0 saturated heterocycles. The number of carbonyl (C=O) groups excluding carboxylic acids is 3. The molecule has 0 radical (unpaired) electrons. The minimum Gasteiger partial charge on any atom is -0.462 e. The van der Waals surface area contributed by atoms with Crippen LogP contribution in [0.5, 0.6) is 0 Å². The van der Waals surface area contributed by atoms with Crippen molar-refractivity contribution in [2.45, 2.75) is 271 Å². The number of allylic oxidation sites excluding steroid dienone is 28. The van der Waals surface area contributed by atoms with Crippen molar-refractivity contribution in [2.75, 3.05) is 13.2 Å². The van der Waals surface area contributed by atoms with E-state index in [2.05, 4.69) is 179 Å². The van der Waals surface area contributed by atoms with Gasteiger partial charge in [0.15, 0.2) is 6.10 Å². The molecule has 6 heteroatoms. The van der Waals surface area contributed by atoms with Crippen LogP contribution >= 0.6 is 0 Å². The van der Waals surface area contributed by atoms with Crippen LogP contribution in [0.3, 0.4) is 0 Å². The molecule has 0 bridgehead atoms. The minimum atomic E-state index is -0.835. The fourth-order valence-electron chi connectivity index (χ4n) is 8.45. The summed E-state index contributed by atoms with van der Waals surface area (Å²) < 4.78 is 16.8. The molecule has 0 aliphatic carbocycles. The first kappa shape index (κ1) is 75.8. The van der Waals surface area contributed by atoms with Gasteiger partial charge in [0.2, 0.25) is 0 Å². The number of unbranched alkanes of at least 4 members (excludes halogenated alkanes) is 18. The molecule has 0 amide bonds. The summed E-state index contributed by atoms with van der Waals surface area (Å²) in [4.78, 5) is 38.2. The zero-order valence-corrected chi connectivity index (χ0v) is 52.0. The van der Waals surface area contributed by atoms with E-state index in [-0.39, 0.29) is 44.0 Å². The lowest BCUT2D eigenvalue weighted by atomic mass is 10.0. The van der Waals surface area contributed by atoms with Crippen LogP contribution in [0.2, 0.25) is 0 Å². The number of hydrogen-bond acceptors (Lipinski definition) is 6. The predicted molar refractivity (Wildman–Crippen MR) is 352 cm³/mol. The predicted octanol–water partition coefficient (Wildman–Crippen LogP) is 22.7. The molecule has 1 atom stereocenters. The van der Waals surface area contributed by atoms with E-state index in [1.807, 2.05) is 12.2 Å². The Bertz CT molecular complexity index is 1860. The number of ether oxygens (including phenoxy) is 3. The molecule has 0 aromatic heterocycles. The van der Waals surface area contributed by atoms with Crippen molar-refractivity contribution in [3.05, 3.63) is 170 Å². The molecule has 6 nitrogen and oxygen atoms in total. The Morgan fingerprint density at radius 2 is 0.469 bits per heavy atom. The molecule has 0 heterocycles. The molecule has 0 spiro atoms. The Morgan fingerprint density at radius 1 is 0.247 bits per heavy atom. The van der Waals surface area contributed by atoms with Gasteiger partial charge in [-0.05, 0) is 135 Å². The number of rotatable bonds is 57. The van der Waals surface area contributed by atoms with Crippen LogP contribution in [0, 0.1) is 0 Å². The van der Waals surface area contributed by atoms with E-state index < -0.39 is 6.10 Å². The van der Waals surface area contributed by atoms with Crippen molar-refractivity contribution in [1.29, 1.82) is 0 Å². The normalized spacial score (nSPS) is 13.3. The number of esters is 3. The second kappa shape index (κ2) is 67.3. The lowest BCUT2D eigenvalue weighted by molar-refractivity contribution is -0.166. The van der Waals surface area contributed by atoms with Crippen molar-refractivity contribution in [1.82, 2.24) is 0 Å². The van der Waals surface area contributed by atoms with Crippen LogP contribution in [-0.4, -0.2) is 37.2 Å². The maximum absolute atomic E-state index is 12.8. The Hall–Kier alpha value is -5.23. The summed E-state index contributed by atoms with van der Waals surface area (Å²) >= 11 is 0. The molecule has 0 fully saturated rings. The highest BCUT2D eigenvalue weighted by Crippen LogP contribution is 2.16. The lowest BCUT2D eigenvalue weighted by Gasteiger charge is -2.18. The molecular weight excluding hydrogens is 997 g/mol. The van der Waals surface area contributed by atoms with Gasteiger partial charge in [-0.2, -0.15) is 0 Å². The topological polar surface area (TPSA) is 78.9 Å². The van der Waals surface area contributed by atoms with E-state index in [0.29, 0.717) is 19.3 Å². The zero-order valence-electron chi connectivity index (χ0n) is 52.0. The van der Waals surface area contributed by atoms with Crippen molar-refractivity contribution in [3.63, 3.8) is 0 Å². The minimum absolute atomic E-state index is 0.122. The molecular formula is C75H118O6. The average Bonchev–Trinajstić information content (AvgIpc) is 3.46. The molecule has 0 aromatic carbocycles. The average molecular weight is 1120 g/mol. The van der Waals surface area contributed by atoms with E-state index in [1.165, 1.54) is 89.9 Å². The standard InChI is InChI=1S/C75H118O6/c1-4-7-10-13-16-19-22-25-27-28-29-30-31-32-33-34-35-36-37-38-39-40-41-42-43-44-45-46-48-50-53-56-59-62-65-68-74(77)80-71-72(70-79-73(76)67-64-61-58-55-52-49-24-21-18-15-12-9-6-3)81-75(78)69-66-63-60-57-54-51-47-26-23-20-17-14-11-8-5-2/h7-12,16-21,25-27,29-30,32-33,35-36,47,49,52,54,57-58,61,72H,4-6,13-15,22-24,28,31,34,37-46,48,50-51,53,55-56,59-60,62-71H2,1-3H3/b10-7-,11-8-,12-9-,19-16-,20-17-,21-18-,27-25-,30-29-,33-32-,36-35-,47-26-,52-49-,57-54-,61-58-. The van der Waals surface area contributed by atoms with Crippen molar-refractivity contribution in [3.8, 4) is 0 Å². The SMILES string of the molecule is CC/C=C\C/C=C\C/C=C\C/C=C\C/C=C\C/C=C\CCCCCCCCCCCCCCCCCCC(=O)OCC(COC(=O)CC/C=C\C/C=C\C/C=C\C/C=C\CC)OC(=O)CCCC/C=C\C/C=C\C/C=C\C/C=C\CC. The Morgan fingerprint density at radius 3 is 0.790 bits per heavy atom. The summed E-state index contributed by atoms with van der Waals surface area (Å²) in [6, 6.07) is 0. The molecule has 0 rings (SSSR count). The largest absolute Gasteiger partial charge is 0.462 e. The first-order valence-electron chi connectivity index (χ1n) is 32.6. The molecule has 0 aromatic rings. The van der Waals surface area contributed by atoms with Crippen LogP contribution < -0.4 is 0 Å². The third kappa shape index (κ3) is 65.5. The Balaban J connectivity index is 4.23. The molecule has 454 valence electrons. The van der Waals surface area contributed by atoms with Gasteiger partial charge in [0.1, 0.15) is 13.2 Å². The highest BCUT2D eigenvalue weighted by molar-refractivity contribution is 5.71. The Kier molecular flexibility index (Phi) is 62.9. The van der Waals surface area contributed by atoms with E-state index >= 15 is 0 Å². The van der Waals surface area contributed by atoms with Crippen molar-refractivity contribution < 1.29 is 28.6 Å². The molecule has 0 saturated carbocycles. The summed E-state index contributed by atoms with van der Waals surface area (Å²) in [5.74, 6) is -1.05. The third-order valence-corrected chi connectivity index (χ3v) is 13.2. The maximum Gasteiger partial charge on any atom is 0.306 e. The molecule has 0 aliphatic heterocycles. The van der Waals surface area contributed by atoms with E-state index in [1.54, 1.807) is 0 Å². The van der Waals surface area contributed by atoms with Gasteiger partial charge in [0.25, 0.3) is 0 Å². The summed E-state index contributed by atoms with van der Waals surface area (Å²) in [6.07, 6.45) is 99.7. The van der Waals surface area contributed by atoms with Gasteiger partial charge in [-0.25, -0.2) is 0 Å². The van der Waals surface area contributed by atoms with Crippen LogP contribution in [0.4, 0.5) is 0 Å². The smallest absolute Gasteiger partial charge is 0.306 e. The van der Waals surface area contributed by atoms with Gasteiger partial charge in [0.05, 0.1) is 0 Å². The fraction of sp³-hybridized carbons (Fsp3) is 0.587. The molecule has 0 aliphatic rings. The summed E-state index contributed by atoms with van der Waals surface area (Å²) in [6.45, 7) is 6.19. The van der Waals surface area contributed by atoms with Crippen LogP contribution in [0.25, 0.3) is 0 Å². The van der Waals surface area contributed by atoms with Gasteiger partial charge in [-0.1, -0.05) is 281 Å². The lowest BCUT2D eigenvalue weighted by Crippen LogP contribution is -2.30. The summed E-state index contributed by atoms with van der Waals surface area (Å²) in [5, 5.41) is 0. The summed E-state index contributed by atoms with van der Waals surface area (Å²) in [7, 11) is 0. The number of carbonyl (C=O) groups is 3. The van der Waals surface area contributed by atoms with E-state index in [0.717, 1.165) is 122 Å². The zero-order chi connectivity index (χ0) is 58.5. The van der Waals surface area contributed by atoms with E-state index in [4.69, 9.17) is 14.2 Å². The molecule has 81 heavy (non-hydrogen) atoms. The highest BCUT2D eigenvalue weighted by atomic mass is 16.6. The summed E-state index contributed by atoms with van der Waals surface area (Å²) in [5.41, 5.74) is 0. The highest BCUT2D eigenvalue weighted by Gasteiger charge is 2.19. The van der Waals surface area contributed by atoms with Crippen molar-refractivity contribution in [2.24, 2.45) is 0 Å². The third-order valence-electron chi connectivity index (χ3n) is 13.2. The van der Waals surface area contributed by atoms with E-state index in [9.17, 15) is 14.4 Å². The molecule has 1 unspecified atom stereocenters. The van der Waals surface area contributed by atoms with Crippen LogP contribution in [0.1, 0.15) is 265 Å². The fourth-order valence-corrected chi connectivity index (χ4v) is 8.45. The monoisotopic (exact) mass is 1110 g/mol. The molecule has 0 N–H and O–H groups in total. The van der Waals surface area contributed by atoms with Crippen LogP contribution in [-0.2, 0) is 28.6 Å². The van der Waals surface area contributed by atoms with Gasteiger partial charge < -0.3 is 14.2 Å². The van der Waals surface area contributed by atoms with Gasteiger partial charge in [-0.3, -0.25) is 14.4 Å². The Labute approximate surface area is 498 Å². The number of hydrogen-bond donors (Lipinski definition) is 0. The van der Waals surface area contributed by atoms with Crippen molar-refractivity contribution >= 4 is 17.9 Å². The maximum atomic E-state index is 12.8. The van der Waals surface area contributed by atoms with Gasteiger partial charge in [0, 0.05) is 19.3 Å². The quantitative estimate of drug-likeness (QED) is 0.0261. The van der Waals surface area contributed by atoms with Crippen LogP contribution in [0.15, 0.2) is 170 Å². The van der Waals surface area contributed by atoms with Gasteiger partial charge >= 0.3 is 17.9 Å². The first-order chi connectivity index (χ1) is 40.0. The van der Waals surface area contributed by atoms with Gasteiger partial charge in [-0.15, -0.1) is 0 Å².